The Bertz CT molecular complexity index is 1390. The first-order valence-electron chi connectivity index (χ1n) is 20.4. The Hall–Kier alpha value is -3.80. The van der Waals surface area contributed by atoms with Gasteiger partial charge in [0.15, 0.2) is 11.9 Å². The van der Waals surface area contributed by atoms with Gasteiger partial charge >= 0.3 is 0 Å². The summed E-state index contributed by atoms with van der Waals surface area (Å²) < 4.78 is 0. The molecule has 0 amide bonds. The summed E-state index contributed by atoms with van der Waals surface area (Å²) in [6.07, 6.45) is 4.28. The van der Waals surface area contributed by atoms with E-state index >= 15 is 0 Å². The van der Waals surface area contributed by atoms with E-state index in [1.807, 2.05) is 0 Å². The van der Waals surface area contributed by atoms with Crippen LogP contribution in [0, 0.1) is 0 Å². The number of nitrogens with one attached hydrogen (secondary N) is 2. The Morgan fingerprint density at radius 3 is 1.04 bits per heavy atom. The average Bonchev–Trinajstić information content (AvgIpc) is 3.11. The maximum Gasteiger partial charge on any atom is 0.198 e. The first-order chi connectivity index (χ1) is 24.9. The topological polar surface area (TPSA) is 55.3 Å². The predicted octanol–water partition coefficient (Wildman–Crippen LogP) is 12.4. The van der Waals surface area contributed by atoms with Crippen LogP contribution in [0.15, 0.2) is 70.6 Å². The van der Waals surface area contributed by atoms with Crippen LogP contribution < -0.4 is 10.6 Å². The Morgan fingerprint density at radius 2 is 0.769 bits per heavy atom. The molecule has 6 nitrogen and oxygen atoms in total. The second-order valence-corrected chi connectivity index (χ2v) is 15.6. The van der Waals surface area contributed by atoms with Crippen LogP contribution in [0.5, 0.6) is 0 Å². The number of nitrogens with zero attached hydrogens (tertiary/aromatic N) is 4. The molecule has 0 spiro atoms. The normalized spacial score (nSPS) is 12.4. The van der Waals surface area contributed by atoms with Crippen LogP contribution in [0.4, 0.5) is 11.4 Å². The summed E-state index contributed by atoms with van der Waals surface area (Å²) in [4.78, 5) is 15.5. The lowest BCUT2D eigenvalue weighted by Crippen LogP contribution is -2.38. The van der Waals surface area contributed by atoms with Crippen molar-refractivity contribution in [3.05, 3.63) is 94.0 Å². The average molecular weight is 709 g/mol. The van der Waals surface area contributed by atoms with Gasteiger partial charge in [-0.05, 0) is 82.7 Å². The molecule has 0 fully saturated rings. The van der Waals surface area contributed by atoms with Crippen molar-refractivity contribution in [3.8, 4) is 0 Å². The molecular formula is C46H72N6. The fourth-order valence-corrected chi connectivity index (χ4v) is 6.94. The Morgan fingerprint density at radius 1 is 0.481 bits per heavy atom. The third kappa shape index (κ3) is 12.1. The zero-order valence-electron chi connectivity index (χ0n) is 34.9. The standard InChI is InChI=1S/C46H72N6/c1-13-26-51(27-14-2)45(49-43-39(33(5)6)22-18-23-40(43)34(7)8)47-31-37-20-17-21-38(30-37)32-48-46(52(28-15-3)29-16-4)50-44-41(35(9)10)24-19-25-42(44)36(11)12/h17-25,30,33-36H,13-16,26-29,31-32H2,1-12H3,(H,47,49)(H,48,50). The van der Waals surface area contributed by atoms with Crippen LogP contribution in [0.25, 0.3) is 0 Å². The molecule has 0 aromatic heterocycles. The van der Waals surface area contributed by atoms with Gasteiger partial charge < -0.3 is 20.4 Å². The minimum Gasteiger partial charge on any atom is -0.343 e. The highest BCUT2D eigenvalue weighted by molar-refractivity contribution is 5.96. The molecule has 52 heavy (non-hydrogen) atoms. The minimum atomic E-state index is 0.409. The number of aliphatic imine (C=N–C) groups is 2. The molecule has 0 bridgehead atoms. The van der Waals surface area contributed by atoms with Crippen molar-refractivity contribution in [2.75, 3.05) is 36.8 Å². The second-order valence-electron chi connectivity index (χ2n) is 15.6. The summed E-state index contributed by atoms with van der Waals surface area (Å²) in [5, 5.41) is 7.80. The van der Waals surface area contributed by atoms with Crippen molar-refractivity contribution in [1.29, 1.82) is 0 Å². The largest absolute Gasteiger partial charge is 0.343 e. The van der Waals surface area contributed by atoms with E-state index in [0.717, 1.165) is 63.8 Å². The van der Waals surface area contributed by atoms with Gasteiger partial charge in [0.2, 0.25) is 0 Å². The zero-order valence-corrected chi connectivity index (χ0v) is 34.9. The van der Waals surface area contributed by atoms with E-state index in [2.05, 4.69) is 164 Å². The molecule has 0 radical (unpaired) electrons. The van der Waals surface area contributed by atoms with Crippen LogP contribution >= 0.6 is 0 Å². The molecular weight excluding hydrogens is 637 g/mol. The summed E-state index contributed by atoms with van der Waals surface area (Å²) >= 11 is 0. The molecule has 0 aliphatic rings. The lowest BCUT2D eigenvalue weighted by molar-refractivity contribution is 0.414. The van der Waals surface area contributed by atoms with Crippen LogP contribution in [0.3, 0.4) is 0 Å². The molecule has 6 heteroatoms. The van der Waals surface area contributed by atoms with Crippen molar-refractivity contribution >= 4 is 23.3 Å². The monoisotopic (exact) mass is 709 g/mol. The molecule has 3 rings (SSSR count). The molecule has 0 unspecified atom stereocenters. The Labute approximate surface area is 318 Å². The first kappa shape index (κ1) is 42.6. The van der Waals surface area contributed by atoms with Crippen molar-refractivity contribution < 1.29 is 0 Å². The highest BCUT2D eigenvalue weighted by Crippen LogP contribution is 2.34. The van der Waals surface area contributed by atoms with Crippen molar-refractivity contribution in [2.24, 2.45) is 9.98 Å². The maximum absolute atomic E-state index is 5.32. The SMILES string of the molecule is CCCN(CCC)C(=NCc1cccc(CN=C(Nc2c(C(C)C)cccc2C(C)C)N(CCC)CCC)c1)Nc1c(C(C)C)cccc1C(C)C. The van der Waals surface area contributed by atoms with E-state index in [0.29, 0.717) is 36.8 Å². The minimum absolute atomic E-state index is 0.409. The van der Waals surface area contributed by atoms with Crippen LogP contribution in [-0.2, 0) is 13.1 Å². The molecule has 0 atom stereocenters. The fraction of sp³-hybridized carbons (Fsp3) is 0.565. The lowest BCUT2D eigenvalue weighted by atomic mass is 9.92. The molecule has 0 saturated heterocycles. The van der Waals surface area contributed by atoms with E-state index in [1.165, 1.54) is 44.8 Å². The van der Waals surface area contributed by atoms with Crippen LogP contribution in [0.1, 0.15) is 166 Å². The quantitative estimate of drug-likeness (QED) is 0.102. The number of anilines is 2. The number of para-hydroxylation sites is 2. The van der Waals surface area contributed by atoms with Gasteiger partial charge in [-0.15, -0.1) is 0 Å². The van der Waals surface area contributed by atoms with Gasteiger partial charge in [-0.2, -0.15) is 0 Å². The molecule has 0 aliphatic heterocycles. The third-order valence-electron chi connectivity index (χ3n) is 9.61. The van der Waals surface area contributed by atoms with Crippen molar-refractivity contribution in [3.63, 3.8) is 0 Å². The van der Waals surface area contributed by atoms with Gasteiger partial charge in [0.1, 0.15) is 0 Å². The van der Waals surface area contributed by atoms with Gasteiger partial charge in [-0.3, -0.25) is 0 Å². The maximum atomic E-state index is 5.32. The highest BCUT2D eigenvalue weighted by atomic mass is 15.3. The molecule has 0 saturated carbocycles. The first-order valence-corrected chi connectivity index (χ1v) is 20.4. The van der Waals surface area contributed by atoms with Gasteiger partial charge in [0.25, 0.3) is 0 Å². The molecule has 3 aromatic carbocycles. The molecule has 3 aromatic rings. The second kappa shape index (κ2) is 21.7. The van der Waals surface area contributed by atoms with E-state index in [1.54, 1.807) is 0 Å². The summed E-state index contributed by atoms with van der Waals surface area (Å²) in [5.74, 6) is 3.57. The smallest absolute Gasteiger partial charge is 0.198 e. The third-order valence-corrected chi connectivity index (χ3v) is 9.61. The predicted molar refractivity (Wildman–Crippen MR) is 230 cm³/mol. The Balaban J connectivity index is 2.02. The van der Waals surface area contributed by atoms with Crippen molar-refractivity contribution in [1.82, 2.24) is 9.80 Å². The van der Waals surface area contributed by atoms with Gasteiger partial charge in [0.05, 0.1) is 13.1 Å². The van der Waals surface area contributed by atoms with Crippen LogP contribution in [-0.4, -0.2) is 47.9 Å². The van der Waals surface area contributed by atoms with E-state index < -0.39 is 0 Å². The molecule has 0 heterocycles. The van der Waals surface area contributed by atoms with Gasteiger partial charge in [-0.1, -0.05) is 144 Å². The zero-order chi connectivity index (χ0) is 38.2. The molecule has 286 valence electrons. The number of rotatable bonds is 18. The summed E-state index contributed by atoms with van der Waals surface area (Å²) in [7, 11) is 0. The Kier molecular flexibility index (Phi) is 17.7. The molecule has 2 N–H and O–H groups in total. The number of guanidine groups is 2. The van der Waals surface area contributed by atoms with E-state index in [-0.39, 0.29) is 0 Å². The summed E-state index contributed by atoms with van der Waals surface area (Å²) in [6.45, 7) is 32.3. The van der Waals surface area contributed by atoms with Crippen LogP contribution in [0.2, 0.25) is 0 Å². The number of hydrogen-bond acceptors (Lipinski definition) is 2. The highest BCUT2D eigenvalue weighted by Gasteiger charge is 2.20. The molecule has 0 aliphatic carbocycles. The number of hydrogen-bond donors (Lipinski definition) is 2. The van der Waals surface area contributed by atoms with Gasteiger partial charge in [0, 0.05) is 37.6 Å². The lowest BCUT2D eigenvalue weighted by Gasteiger charge is -2.29. The van der Waals surface area contributed by atoms with E-state index in [4.69, 9.17) is 9.98 Å². The number of benzene rings is 3. The fourth-order valence-electron chi connectivity index (χ4n) is 6.94. The summed E-state index contributed by atoms with van der Waals surface area (Å²) in [6, 6.07) is 22.3. The van der Waals surface area contributed by atoms with E-state index in [9.17, 15) is 0 Å². The van der Waals surface area contributed by atoms with Gasteiger partial charge in [-0.25, -0.2) is 9.98 Å². The summed E-state index contributed by atoms with van der Waals surface area (Å²) in [5.41, 5.74) is 10.2. The van der Waals surface area contributed by atoms with Crippen molar-refractivity contribution in [2.45, 2.75) is 146 Å².